The Hall–Kier alpha value is -1.59. The summed E-state index contributed by atoms with van der Waals surface area (Å²) in [4.78, 5) is 26.2. The fourth-order valence-electron chi connectivity index (χ4n) is 2.88. The highest BCUT2D eigenvalue weighted by Gasteiger charge is 2.32. The van der Waals surface area contributed by atoms with E-state index in [-0.39, 0.29) is 17.9 Å². The first kappa shape index (κ1) is 18.7. The fraction of sp³-hybridized carbons (Fsp3) is 0.556. The number of carbonyl (C=O) groups is 2. The van der Waals surface area contributed by atoms with Crippen LogP contribution in [0, 0.1) is 0 Å². The van der Waals surface area contributed by atoms with Crippen LogP contribution in [0.4, 0.5) is 0 Å². The van der Waals surface area contributed by atoms with E-state index in [1.165, 1.54) is 0 Å². The molecule has 1 aromatic carbocycles. The maximum atomic E-state index is 12.7. The summed E-state index contributed by atoms with van der Waals surface area (Å²) in [6.07, 6.45) is 1.72. The van der Waals surface area contributed by atoms with Crippen molar-refractivity contribution in [3.63, 3.8) is 0 Å². The Morgan fingerprint density at radius 1 is 1.21 bits per heavy atom. The van der Waals surface area contributed by atoms with Crippen LogP contribution in [0.3, 0.4) is 0 Å². The van der Waals surface area contributed by atoms with Crippen LogP contribution in [0.25, 0.3) is 0 Å². The first-order valence-electron chi connectivity index (χ1n) is 8.33. The van der Waals surface area contributed by atoms with Crippen LogP contribution in [-0.4, -0.2) is 49.4 Å². The predicted octanol–water partition coefficient (Wildman–Crippen LogP) is 1.94. The number of halogens is 1. The molecule has 0 aliphatic carbocycles. The number of nitrogens with one attached hydrogen (secondary N) is 2. The zero-order chi connectivity index (χ0) is 17.7. The van der Waals surface area contributed by atoms with Crippen LogP contribution in [0.1, 0.15) is 32.3 Å². The zero-order valence-electron chi connectivity index (χ0n) is 14.6. The van der Waals surface area contributed by atoms with Crippen LogP contribution in [0.5, 0.6) is 0 Å². The molecule has 24 heavy (non-hydrogen) atoms. The van der Waals surface area contributed by atoms with Crippen molar-refractivity contribution in [1.29, 1.82) is 0 Å². The highest BCUT2D eigenvalue weighted by Crippen LogP contribution is 2.25. The number of carbonyl (C=O) groups excluding carboxylic acids is 2. The van der Waals surface area contributed by atoms with Crippen molar-refractivity contribution in [2.24, 2.45) is 0 Å². The van der Waals surface area contributed by atoms with E-state index in [1.54, 1.807) is 7.05 Å². The van der Waals surface area contributed by atoms with Crippen LogP contribution < -0.4 is 10.6 Å². The molecule has 5 nitrogen and oxygen atoms in total. The van der Waals surface area contributed by atoms with Gasteiger partial charge in [-0.2, -0.15) is 0 Å². The van der Waals surface area contributed by atoms with E-state index < -0.39 is 5.41 Å². The zero-order valence-corrected chi connectivity index (χ0v) is 15.3. The molecule has 132 valence electrons. The molecule has 6 heteroatoms. The first-order valence-corrected chi connectivity index (χ1v) is 8.70. The Morgan fingerprint density at radius 3 is 2.33 bits per heavy atom. The third-order valence-corrected chi connectivity index (χ3v) is 4.95. The largest absolute Gasteiger partial charge is 0.358 e. The van der Waals surface area contributed by atoms with Gasteiger partial charge in [-0.3, -0.25) is 14.5 Å². The van der Waals surface area contributed by atoms with Crippen molar-refractivity contribution in [2.45, 2.75) is 38.1 Å². The van der Waals surface area contributed by atoms with Gasteiger partial charge in [-0.25, -0.2) is 0 Å². The van der Waals surface area contributed by atoms with E-state index in [4.69, 9.17) is 11.6 Å². The van der Waals surface area contributed by atoms with Gasteiger partial charge < -0.3 is 10.6 Å². The standard InChI is InChI=1S/C18H26ClN3O2/c1-18(2,13-4-6-14(19)7-5-13)17(24)21-15-8-10-22(11-9-15)12-16(23)20-3/h4-7,15H,8-12H2,1-3H3,(H,20,23)(H,21,24). The molecule has 0 bridgehead atoms. The summed E-state index contributed by atoms with van der Waals surface area (Å²) in [6.45, 7) is 5.91. The molecule has 1 aliphatic heterocycles. The van der Waals surface area contributed by atoms with Crippen LogP contribution in [0.15, 0.2) is 24.3 Å². The topological polar surface area (TPSA) is 61.4 Å². The average Bonchev–Trinajstić information content (AvgIpc) is 2.56. The summed E-state index contributed by atoms with van der Waals surface area (Å²) in [6, 6.07) is 7.57. The number of hydrogen-bond acceptors (Lipinski definition) is 3. The molecule has 0 saturated carbocycles. The summed E-state index contributed by atoms with van der Waals surface area (Å²) < 4.78 is 0. The Balaban J connectivity index is 1.88. The van der Waals surface area contributed by atoms with Gasteiger partial charge in [-0.05, 0) is 44.4 Å². The van der Waals surface area contributed by atoms with Gasteiger partial charge in [0, 0.05) is 31.2 Å². The minimum absolute atomic E-state index is 0.0228. The number of nitrogens with zero attached hydrogens (tertiary/aromatic N) is 1. The molecule has 1 aliphatic rings. The molecule has 1 heterocycles. The molecule has 0 atom stereocenters. The molecule has 2 amide bonds. The first-order chi connectivity index (χ1) is 11.3. The van der Waals surface area contributed by atoms with Gasteiger partial charge in [-0.15, -0.1) is 0 Å². The predicted molar refractivity (Wildman–Crippen MR) is 96.1 cm³/mol. The lowest BCUT2D eigenvalue weighted by molar-refractivity contribution is -0.127. The second-order valence-electron chi connectivity index (χ2n) is 6.83. The van der Waals surface area contributed by atoms with Crippen LogP contribution in [0.2, 0.25) is 5.02 Å². The van der Waals surface area contributed by atoms with Crippen molar-refractivity contribution in [2.75, 3.05) is 26.7 Å². The second kappa shape index (κ2) is 7.99. The van der Waals surface area contributed by atoms with E-state index in [0.29, 0.717) is 11.6 Å². The van der Waals surface area contributed by atoms with Crippen molar-refractivity contribution in [3.05, 3.63) is 34.9 Å². The Bertz CT molecular complexity index is 578. The minimum atomic E-state index is -0.607. The maximum Gasteiger partial charge on any atom is 0.233 e. The second-order valence-corrected chi connectivity index (χ2v) is 7.27. The van der Waals surface area contributed by atoms with Gasteiger partial charge in [0.15, 0.2) is 0 Å². The van der Waals surface area contributed by atoms with Crippen LogP contribution in [-0.2, 0) is 15.0 Å². The highest BCUT2D eigenvalue weighted by molar-refractivity contribution is 6.30. The van der Waals surface area contributed by atoms with Crippen molar-refractivity contribution < 1.29 is 9.59 Å². The van der Waals surface area contributed by atoms with Crippen molar-refractivity contribution >= 4 is 23.4 Å². The number of likely N-dealkylation sites (tertiary alicyclic amines) is 1. The molecule has 0 radical (unpaired) electrons. The molecular weight excluding hydrogens is 326 g/mol. The molecule has 0 aromatic heterocycles. The van der Waals surface area contributed by atoms with Gasteiger partial charge in [0.2, 0.25) is 11.8 Å². The number of hydrogen-bond donors (Lipinski definition) is 2. The minimum Gasteiger partial charge on any atom is -0.358 e. The Morgan fingerprint density at radius 2 is 1.79 bits per heavy atom. The monoisotopic (exact) mass is 351 g/mol. The highest BCUT2D eigenvalue weighted by atomic mass is 35.5. The molecule has 0 unspecified atom stereocenters. The van der Waals surface area contributed by atoms with Crippen molar-refractivity contribution in [3.8, 4) is 0 Å². The summed E-state index contributed by atoms with van der Waals surface area (Å²) in [5.74, 6) is 0.0518. The fourth-order valence-corrected chi connectivity index (χ4v) is 3.01. The molecule has 0 spiro atoms. The van der Waals surface area contributed by atoms with Gasteiger partial charge >= 0.3 is 0 Å². The van der Waals surface area contributed by atoms with Gasteiger partial charge in [0.05, 0.1) is 12.0 Å². The van der Waals surface area contributed by atoms with E-state index in [9.17, 15) is 9.59 Å². The molecule has 2 N–H and O–H groups in total. The maximum absolute atomic E-state index is 12.7. The normalized spacial score (nSPS) is 16.7. The lowest BCUT2D eigenvalue weighted by atomic mass is 9.83. The van der Waals surface area contributed by atoms with E-state index in [1.807, 2.05) is 38.1 Å². The Labute approximate surface area is 148 Å². The number of benzene rings is 1. The van der Waals surface area contributed by atoms with E-state index in [2.05, 4.69) is 15.5 Å². The van der Waals surface area contributed by atoms with Crippen molar-refractivity contribution in [1.82, 2.24) is 15.5 Å². The summed E-state index contributed by atoms with van der Waals surface area (Å²) in [5, 5.41) is 6.46. The molecule has 2 rings (SSSR count). The SMILES string of the molecule is CNC(=O)CN1CCC(NC(=O)C(C)(C)c2ccc(Cl)cc2)CC1. The molecule has 1 saturated heterocycles. The smallest absolute Gasteiger partial charge is 0.233 e. The summed E-state index contributed by atoms with van der Waals surface area (Å²) >= 11 is 5.92. The molecular formula is C18H26ClN3O2. The lowest BCUT2D eigenvalue weighted by Gasteiger charge is -2.34. The van der Waals surface area contributed by atoms with Crippen LogP contribution >= 0.6 is 11.6 Å². The number of piperidine rings is 1. The average molecular weight is 352 g/mol. The molecule has 1 fully saturated rings. The van der Waals surface area contributed by atoms with E-state index in [0.717, 1.165) is 31.5 Å². The Kier molecular flexibility index (Phi) is 6.24. The molecule has 1 aromatic rings. The number of likely N-dealkylation sites (N-methyl/N-ethyl adjacent to an activating group) is 1. The van der Waals surface area contributed by atoms with E-state index >= 15 is 0 Å². The number of amides is 2. The third-order valence-electron chi connectivity index (χ3n) is 4.70. The summed E-state index contributed by atoms with van der Waals surface area (Å²) in [7, 11) is 1.65. The van der Waals surface area contributed by atoms with Gasteiger partial charge in [-0.1, -0.05) is 23.7 Å². The van der Waals surface area contributed by atoms with Gasteiger partial charge in [0.1, 0.15) is 0 Å². The number of rotatable bonds is 5. The lowest BCUT2D eigenvalue weighted by Crippen LogP contribution is -2.50. The summed E-state index contributed by atoms with van der Waals surface area (Å²) in [5.41, 5.74) is 0.338. The quantitative estimate of drug-likeness (QED) is 0.852. The van der Waals surface area contributed by atoms with Gasteiger partial charge in [0.25, 0.3) is 0 Å². The third kappa shape index (κ3) is 4.71.